The average Bonchev–Trinajstić information content (AvgIpc) is 2.99. The largest absolute Gasteiger partial charge is 0.348 e. The summed E-state index contributed by atoms with van der Waals surface area (Å²) in [6, 6.07) is 11.1. The fourth-order valence-electron chi connectivity index (χ4n) is 2.24. The van der Waals surface area contributed by atoms with Gasteiger partial charge in [0, 0.05) is 35.2 Å². The summed E-state index contributed by atoms with van der Waals surface area (Å²) in [7, 11) is 0. The van der Waals surface area contributed by atoms with Crippen LogP contribution in [-0.2, 0) is 6.54 Å². The van der Waals surface area contributed by atoms with Gasteiger partial charge in [0.25, 0.3) is 5.91 Å². The summed E-state index contributed by atoms with van der Waals surface area (Å²) in [5, 5.41) is 2.92. The maximum Gasteiger partial charge on any atom is 0.251 e. The molecule has 0 atom stereocenters. The standard InChI is InChI=1S/C17H15BrN4O/c1-12-19-7-8-22(12)16-9-13(5-6-20-16)11-21-17(23)14-3-2-4-15(18)10-14/h2-10H,11H2,1H3,(H,21,23). The summed E-state index contributed by atoms with van der Waals surface area (Å²) >= 11 is 3.37. The molecule has 0 spiro atoms. The van der Waals surface area contributed by atoms with Gasteiger partial charge >= 0.3 is 0 Å². The minimum absolute atomic E-state index is 0.108. The molecule has 3 aromatic rings. The van der Waals surface area contributed by atoms with E-state index in [0.717, 1.165) is 21.7 Å². The average molecular weight is 371 g/mol. The molecule has 0 aliphatic carbocycles. The topological polar surface area (TPSA) is 59.8 Å². The van der Waals surface area contributed by atoms with E-state index in [1.807, 2.05) is 42.0 Å². The molecule has 1 amide bonds. The van der Waals surface area contributed by atoms with Crippen molar-refractivity contribution >= 4 is 21.8 Å². The van der Waals surface area contributed by atoms with Gasteiger partial charge in [-0.15, -0.1) is 0 Å². The maximum atomic E-state index is 12.2. The molecule has 3 rings (SSSR count). The van der Waals surface area contributed by atoms with Crippen LogP contribution in [0.15, 0.2) is 59.5 Å². The van der Waals surface area contributed by atoms with Crippen LogP contribution in [0.2, 0.25) is 0 Å². The van der Waals surface area contributed by atoms with Crippen molar-refractivity contribution in [2.24, 2.45) is 0 Å². The Bertz CT molecular complexity index is 844. The quantitative estimate of drug-likeness (QED) is 0.766. The fourth-order valence-corrected chi connectivity index (χ4v) is 2.64. The van der Waals surface area contributed by atoms with E-state index in [2.05, 4.69) is 31.2 Å². The van der Waals surface area contributed by atoms with Crippen LogP contribution in [0, 0.1) is 6.92 Å². The van der Waals surface area contributed by atoms with Gasteiger partial charge in [0.1, 0.15) is 11.6 Å². The second kappa shape index (κ2) is 6.75. The van der Waals surface area contributed by atoms with Crippen molar-refractivity contribution in [3.05, 3.63) is 76.4 Å². The minimum Gasteiger partial charge on any atom is -0.348 e. The highest BCUT2D eigenvalue weighted by atomic mass is 79.9. The first-order valence-electron chi connectivity index (χ1n) is 7.12. The third-order valence-corrected chi connectivity index (χ3v) is 3.92. The number of halogens is 1. The van der Waals surface area contributed by atoms with Crippen molar-refractivity contribution in [2.45, 2.75) is 13.5 Å². The van der Waals surface area contributed by atoms with Gasteiger partial charge < -0.3 is 5.32 Å². The zero-order valence-corrected chi connectivity index (χ0v) is 14.1. The van der Waals surface area contributed by atoms with Crippen LogP contribution in [0.5, 0.6) is 0 Å². The number of nitrogens with one attached hydrogen (secondary N) is 1. The molecule has 0 aliphatic heterocycles. The zero-order valence-electron chi connectivity index (χ0n) is 12.5. The van der Waals surface area contributed by atoms with Gasteiger partial charge in [-0.2, -0.15) is 0 Å². The molecule has 23 heavy (non-hydrogen) atoms. The Labute approximate surface area is 142 Å². The van der Waals surface area contributed by atoms with Gasteiger partial charge in [-0.3, -0.25) is 9.36 Å². The predicted octanol–water partition coefficient (Wildman–Crippen LogP) is 3.27. The van der Waals surface area contributed by atoms with Crippen molar-refractivity contribution in [1.82, 2.24) is 19.9 Å². The molecule has 0 unspecified atom stereocenters. The first kappa shape index (κ1) is 15.4. The van der Waals surface area contributed by atoms with Crippen molar-refractivity contribution in [3.63, 3.8) is 0 Å². The summed E-state index contributed by atoms with van der Waals surface area (Å²) in [5.74, 6) is 1.55. The van der Waals surface area contributed by atoms with Gasteiger partial charge in [-0.05, 0) is 42.8 Å². The number of nitrogens with zero attached hydrogens (tertiary/aromatic N) is 3. The fraction of sp³-hybridized carbons (Fsp3) is 0.118. The SMILES string of the molecule is Cc1nccn1-c1cc(CNC(=O)c2cccc(Br)c2)ccn1. The molecular formula is C17H15BrN4O. The number of amides is 1. The number of hydrogen-bond acceptors (Lipinski definition) is 3. The first-order valence-corrected chi connectivity index (χ1v) is 7.92. The number of aromatic nitrogens is 3. The van der Waals surface area contributed by atoms with Crippen LogP contribution in [0.4, 0.5) is 0 Å². The first-order chi connectivity index (χ1) is 11.1. The van der Waals surface area contributed by atoms with E-state index in [0.29, 0.717) is 12.1 Å². The van der Waals surface area contributed by atoms with Gasteiger partial charge in [0.15, 0.2) is 0 Å². The number of carbonyl (C=O) groups is 1. The molecule has 5 nitrogen and oxygen atoms in total. The Morgan fingerprint density at radius 1 is 1.22 bits per heavy atom. The van der Waals surface area contributed by atoms with Crippen LogP contribution in [-0.4, -0.2) is 20.4 Å². The smallest absolute Gasteiger partial charge is 0.251 e. The molecule has 1 aromatic carbocycles. The second-order valence-electron chi connectivity index (χ2n) is 5.06. The Morgan fingerprint density at radius 2 is 2.09 bits per heavy atom. The monoisotopic (exact) mass is 370 g/mol. The van der Waals surface area contributed by atoms with Crippen LogP contribution < -0.4 is 5.32 Å². The van der Waals surface area contributed by atoms with E-state index < -0.39 is 0 Å². The third-order valence-electron chi connectivity index (χ3n) is 3.42. The normalized spacial score (nSPS) is 10.5. The second-order valence-corrected chi connectivity index (χ2v) is 5.98. The van der Waals surface area contributed by atoms with Gasteiger partial charge in [0.05, 0.1) is 0 Å². The molecule has 0 fully saturated rings. The van der Waals surface area contributed by atoms with Gasteiger partial charge in [-0.25, -0.2) is 9.97 Å². The maximum absolute atomic E-state index is 12.2. The molecule has 2 heterocycles. The summed E-state index contributed by atoms with van der Waals surface area (Å²) < 4.78 is 2.78. The Kier molecular flexibility index (Phi) is 4.52. The number of pyridine rings is 1. The number of benzene rings is 1. The van der Waals surface area contributed by atoms with E-state index in [9.17, 15) is 4.79 Å². The highest BCUT2D eigenvalue weighted by Gasteiger charge is 2.07. The molecule has 0 saturated carbocycles. The van der Waals surface area contributed by atoms with E-state index in [1.54, 1.807) is 24.5 Å². The van der Waals surface area contributed by atoms with E-state index in [-0.39, 0.29) is 5.91 Å². The van der Waals surface area contributed by atoms with Crippen molar-refractivity contribution in [1.29, 1.82) is 0 Å². The molecule has 0 aliphatic rings. The molecule has 116 valence electrons. The van der Waals surface area contributed by atoms with Crippen LogP contribution >= 0.6 is 15.9 Å². The molecule has 2 aromatic heterocycles. The number of rotatable bonds is 4. The summed E-state index contributed by atoms with van der Waals surface area (Å²) in [4.78, 5) is 20.7. The lowest BCUT2D eigenvalue weighted by Crippen LogP contribution is -2.22. The van der Waals surface area contributed by atoms with Gasteiger partial charge in [0.2, 0.25) is 0 Å². The number of hydrogen-bond donors (Lipinski definition) is 1. The van der Waals surface area contributed by atoms with Crippen LogP contribution in [0.1, 0.15) is 21.7 Å². The lowest BCUT2D eigenvalue weighted by Gasteiger charge is -2.08. The molecular weight excluding hydrogens is 356 g/mol. The van der Waals surface area contributed by atoms with E-state index >= 15 is 0 Å². The van der Waals surface area contributed by atoms with E-state index in [4.69, 9.17) is 0 Å². The van der Waals surface area contributed by atoms with Crippen LogP contribution in [0.3, 0.4) is 0 Å². The Hall–Kier alpha value is -2.47. The summed E-state index contributed by atoms with van der Waals surface area (Å²) in [6.45, 7) is 2.36. The highest BCUT2D eigenvalue weighted by Crippen LogP contribution is 2.12. The number of imidazole rings is 1. The van der Waals surface area contributed by atoms with Gasteiger partial charge in [-0.1, -0.05) is 22.0 Å². The Morgan fingerprint density at radius 3 is 2.83 bits per heavy atom. The van der Waals surface area contributed by atoms with Crippen molar-refractivity contribution in [3.8, 4) is 5.82 Å². The minimum atomic E-state index is -0.108. The predicted molar refractivity (Wildman–Crippen MR) is 91.4 cm³/mol. The van der Waals surface area contributed by atoms with Crippen molar-refractivity contribution in [2.75, 3.05) is 0 Å². The zero-order chi connectivity index (χ0) is 16.2. The van der Waals surface area contributed by atoms with Crippen molar-refractivity contribution < 1.29 is 4.79 Å². The Balaban J connectivity index is 1.72. The highest BCUT2D eigenvalue weighted by molar-refractivity contribution is 9.10. The molecule has 1 N–H and O–H groups in total. The summed E-state index contributed by atoms with van der Waals surface area (Å²) in [6.07, 6.45) is 5.33. The lowest BCUT2D eigenvalue weighted by molar-refractivity contribution is 0.0951. The third kappa shape index (κ3) is 3.65. The van der Waals surface area contributed by atoms with Crippen LogP contribution in [0.25, 0.3) is 5.82 Å². The molecule has 0 saturated heterocycles. The number of carbonyl (C=O) groups excluding carboxylic acids is 1. The summed E-state index contributed by atoms with van der Waals surface area (Å²) in [5.41, 5.74) is 1.60. The molecule has 0 bridgehead atoms. The molecule has 6 heteroatoms. The van der Waals surface area contributed by atoms with E-state index in [1.165, 1.54) is 0 Å². The number of aryl methyl sites for hydroxylation is 1. The lowest BCUT2D eigenvalue weighted by atomic mass is 10.2. The molecule has 0 radical (unpaired) electrons.